The molecular formula is C27H32N8O2. The molecule has 10 nitrogen and oxygen atoms in total. The molecule has 0 amide bonds. The summed E-state index contributed by atoms with van der Waals surface area (Å²) in [5.41, 5.74) is 2.86. The number of aryl methyl sites for hydroxylation is 2. The van der Waals surface area contributed by atoms with Crippen LogP contribution in [0.5, 0.6) is 0 Å². The molecule has 4 rings (SSSR count). The van der Waals surface area contributed by atoms with Crippen molar-refractivity contribution in [3.05, 3.63) is 52.0 Å². The lowest BCUT2D eigenvalue weighted by atomic mass is 9.81. The van der Waals surface area contributed by atoms with Gasteiger partial charge in [-0.05, 0) is 58.6 Å². The highest BCUT2D eigenvalue weighted by atomic mass is 16.6. The Hall–Kier alpha value is -4.18. The Morgan fingerprint density at radius 1 is 1.16 bits per heavy atom. The molecule has 1 aliphatic rings. The zero-order valence-electron chi connectivity index (χ0n) is 22.2. The number of aromatic nitrogens is 4. The summed E-state index contributed by atoms with van der Waals surface area (Å²) in [4.78, 5) is 29.6. The second-order valence-corrected chi connectivity index (χ2v) is 10.6. The van der Waals surface area contributed by atoms with Crippen LogP contribution in [0.4, 0.5) is 5.69 Å². The maximum absolute atomic E-state index is 13.0. The highest BCUT2D eigenvalue weighted by Gasteiger charge is 2.32. The predicted molar refractivity (Wildman–Crippen MR) is 141 cm³/mol. The average molecular weight is 501 g/mol. The fourth-order valence-corrected chi connectivity index (χ4v) is 4.94. The molecule has 0 N–H and O–H groups in total. The molecule has 1 saturated carbocycles. The van der Waals surface area contributed by atoms with Crippen molar-refractivity contribution >= 4 is 22.4 Å². The summed E-state index contributed by atoms with van der Waals surface area (Å²) in [5.74, 6) is 0.182. The Labute approximate surface area is 216 Å². The molecule has 1 aliphatic carbocycles. The molecule has 0 aromatic carbocycles. The van der Waals surface area contributed by atoms with E-state index in [1.165, 1.54) is 4.57 Å². The lowest BCUT2D eigenvalue weighted by Crippen LogP contribution is -2.39. The number of nitrogens with zero attached hydrogens (tertiary/aromatic N) is 8. The van der Waals surface area contributed by atoms with Crippen molar-refractivity contribution in [3.8, 4) is 12.1 Å². The van der Waals surface area contributed by atoms with Crippen LogP contribution in [0.15, 0.2) is 34.6 Å². The smallest absolute Gasteiger partial charge is 0.270 e. The van der Waals surface area contributed by atoms with Crippen molar-refractivity contribution in [2.45, 2.75) is 58.1 Å². The van der Waals surface area contributed by atoms with Gasteiger partial charge >= 0.3 is 0 Å². The third kappa shape index (κ3) is 5.05. The van der Waals surface area contributed by atoms with Gasteiger partial charge in [-0.15, -0.1) is 0 Å². The van der Waals surface area contributed by atoms with E-state index < -0.39 is 5.60 Å². The Morgan fingerprint density at radius 2 is 1.86 bits per heavy atom. The summed E-state index contributed by atoms with van der Waals surface area (Å²) in [5, 5.41) is 23.9. The van der Waals surface area contributed by atoms with Crippen LogP contribution in [0.3, 0.4) is 0 Å². The van der Waals surface area contributed by atoms with Gasteiger partial charge in [-0.25, -0.2) is 9.97 Å². The zero-order valence-corrected chi connectivity index (χ0v) is 22.2. The van der Waals surface area contributed by atoms with Gasteiger partial charge in [0, 0.05) is 33.1 Å². The topological polar surface area (TPSA) is 125 Å². The Morgan fingerprint density at radius 3 is 2.43 bits per heavy atom. The minimum atomic E-state index is -0.412. The first-order valence-electron chi connectivity index (χ1n) is 12.3. The van der Waals surface area contributed by atoms with Gasteiger partial charge in [-0.2, -0.15) is 10.5 Å². The highest BCUT2D eigenvalue weighted by molar-refractivity contribution is 6.00. The van der Waals surface area contributed by atoms with Crippen LogP contribution in [0.2, 0.25) is 0 Å². The normalized spacial score (nSPS) is 18.3. The van der Waals surface area contributed by atoms with E-state index in [1.807, 2.05) is 50.5 Å². The Bertz CT molecular complexity index is 1490. The van der Waals surface area contributed by atoms with Crippen molar-refractivity contribution in [1.82, 2.24) is 19.1 Å². The van der Waals surface area contributed by atoms with Crippen LogP contribution in [-0.2, 0) is 18.9 Å². The summed E-state index contributed by atoms with van der Waals surface area (Å²) in [6.45, 7) is 5.91. The van der Waals surface area contributed by atoms with Crippen LogP contribution in [0.25, 0.3) is 11.0 Å². The lowest BCUT2D eigenvalue weighted by Gasteiger charge is -2.37. The van der Waals surface area contributed by atoms with Crippen molar-refractivity contribution in [2.24, 2.45) is 25.2 Å². The van der Waals surface area contributed by atoms with Crippen LogP contribution in [-0.4, -0.2) is 43.5 Å². The first-order chi connectivity index (χ1) is 17.6. The molecule has 1 fully saturated rings. The molecule has 0 atom stereocenters. The van der Waals surface area contributed by atoms with E-state index in [9.17, 15) is 15.3 Å². The minimum absolute atomic E-state index is 0.0397. The van der Waals surface area contributed by atoms with Crippen molar-refractivity contribution in [2.75, 3.05) is 11.9 Å². The van der Waals surface area contributed by atoms with Gasteiger partial charge in [0.15, 0.2) is 0 Å². The highest BCUT2D eigenvalue weighted by Crippen LogP contribution is 2.35. The summed E-state index contributed by atoms with van der Waals surface area (Å²) >= 11 is 0. The number of pyridine rings is 2. The van der Waals surface area contributed by atoms with Crippen LogP contribution >= 0.6 is 0 Å². The first kappa shape index (κ1) is 25.9. The number of imidazole rings is 1. The molecule has 0 unspecified atom stereocenters. The van der Waals surface area contributed by atoms with Gasteiger partial charge in [0.1, 0.15) is 40.2 Å². The van der Waals surface area contributed by atoms with Crippen molar-refractivity contribution < 1.29 is 4.84 Å². The molecule has 37 heavy (non-hydrogen) atoms. The van der Waals surface area contributed by atoms with Crippen molar-refractivity contribution in [1.29, 1.82) is 10.5 Å². The Balaban J connectivity index is 1.66. The van der Waals surface area contributed by atoms with Gasteiger partial charge in [-0.1, -0.05) is 5.16 Å². The number of oxime groups is 1. The molecule has 3 aromatic heterocycles. The molecule has 192 valence electrons. The van der Waals surface area contributed by atoms with Gasteiger partial charge in [0.2, 0.25) is 0 Å². The van der Waals surface area contributed by atoms with Crippen LogP contribution in [0, 0.1) is 28.6 Å². The number of hydrogen-bond donors (Lipinski definition) is 0. The number of rotatable bonds is 5. The molecule has 0 aliphatic heterocycles. The largest absolute Gasteiger partial charge is 0.390 e. The van der Waals surface area contributed by atoms with E-state index in [-0.39, 0.29) is 28.8 Å². The van der Waals surface area contributed by atoms with Crippen LogP contribution in [0.1, 0.15) is 63.4 Å². The molecule has 0 spiro atoms. The van der Waals surface area contributed by atoms with E-state index in [4.69, 9.17) is 4.84 Å². The summed E-state index contributed by atoms with van der Waals surface area (Å²) in [6.07, 6.45) is 6.93. The van der Waals surface area contributed by atoms with Crippen molar-refractivity contribution in [3.63, 3.8) is 0 Å². The SMILES string of the molecule is Cn1cncc1/C(=N/OC(C)(C)C)[C@H]1CC[C@@H](N(C)c2c(C#N)c(=O)n(C)c3ccc(C#N)nc23)CC1. The zero-order chi connectivity index (χ0) is 26.9. The molecule has 10 heteroatoms. The first-order valence-corrected chi connectivity index (χ1v) is 12.3. The predicted octanol–water partition coefficient (Wildman–Crippen LogP) is 3.62. The second-order valence-electron chi connectivity index (χ2n) is 10.6. The van der Waals surface area contributed by atoms with Gasteiger partial charge in [-0.3, -0.25) is 4.79 Å². The van der Waals surface area contributed by atoms with E-state index in [1.54, 1.807) is 25.5 Å². The Kier molecular flexibility index (Phi) is 7.04. The van der Waals surface area contributed by atoms with Gasteiger partial charge in [0.25, 0.3) is 5.56 Å². The average Bonchev–Trinajstić information content (AvgIpc) is 3.30. The summed E-state index contributed by atoms with van der Waals surface area (Å²) in [6, 6.07) is 7.54. The molecule has 0 radical (unpaired) electrons. The lowest BCUT2D eigenvalue weighted by molar-refractivity contribution is -0.000103. The number of anilines is 1. The molecule has 0 bridgehead atoms. The maximum Gasteiger partial charge on any atom is 0.270 e. The monoisotopic (exact) mass is 500 g/mol. The molecule has 3 heterocycles. The molecular weight excluding hydrogens is 468 g/mol. The third-order valence-electron chi connectivity index (χ3n) is 6.92. The fraction of sp³-hybridized carbons (Fsp3) is 0.481. The number of fused-ring (bicyclic) bond motifs is 1. The number of nitriles is 2. The van der Waals surface area contributed by atoms with Crippen LogP contribution < -0.4 is 10.5 Å². The van der Waals surface area contributed by atoms with Gasteiger partial charge in [0.05, 0.1) is 29.4 Å². The quantitative estimate of drug-likeness (QED) is 0.387. The second kappa shape index (κ2) is 10.1. The van der Waals surface area contributed by atoms with E-state index in [2.05, 4.69) is 27.3 Å². The maximum atomic E-state index is 13.0. The summed E-state index contributed by atoms with van der Waals surface area (Å²) < 4.78 is 3.37. The standard InChI is InChI=1S/C27H32N8O2/c1-27(2,3)37-32-23(22-15-30-16-33(22)4)17-7-10-19(11-8-17)34(5)25-20(14-29)26(36)35(6)21-12-9-18(13-28)31-24(21)25/h9,12,15-17,19H,7-8,10-11H2,1-6H3/b32-23+/t17-,19+. The number of hydrogen-bond acceptors (Lipinski definition) is 8. The van der Waals surface area contributed by atoms with E-state index in [0.717, 1.165) is 37.1 Å². The van der Waals surface area contributed by atoms with E-state index >= 15 is 0 Å². The van der Waals surface area contributed by atoms with E-state index in [0.29, 0.717) is 16.7 Å². The fourth-order valence-electron chi connectivity index (χ4n) is 4.94. The summed E-state index contributed by atoms with van der Waals surface area (Å²) in [7, 11) is 5.47. The minimum Gasteiger partial charge on any atom is -0.390 e. The molecule has 0 saturated heterocycles. The van der Waals surface area contributed by atoms with Gasteiger partial charge < -0.3 is 18.9 Å². The third-order valence-corrected chi connectivity index (χ3v) is 6.92. The molecule has 3 aromatic rings.